The third-order valence-corrected chi connectivity index (χ3v) is 2.73. The predicted octanol–water partition coefficient (Wildman–Crippen LogP) is 3.32. The van der Waals surface area contributed by atoms with Gasteiger partial charge in [-0.05, 0) is 28.5 Å². The van der Waals surface area contributed by atoms with Gasteiger partial charge in [0.1, 0.15) is 0 Å². The van der Waals surface area contributed by atoms with Crippen LogP contribution in [0.5, 0.6) is 0 Å². The lowest BCUT2D eigenvalue weighted by Gasteiger charge is -2.01. The second-order valence-corrected chi connectivity index (χ2v) is 3.64. The second kappa shape index (κ2) is 3.38. The molecule has 0 aromatic heterocycles. The molecule has 0 saturated carbocycles. The summed E-state index contributed by atoms with van der Waals surface area (Å²) in [6.45, 7) is 0. The van der Waals surface area contributed by atoms with Gasteiger partial charge in [0.05, 0.1) is 0 Å². The minimum absolute atomic E-state index is 0.819. The zero-order chi connectivity index (χ0) is 9.26. The number of nitrogen functional groups attached to an aromatic ring is 1. The van der Waals surface area contributed by atoms with Crippen molar-refractivity contribution in [3.05, 3.63) is 42.0 Å². The Morgan fingerprint density at radius 3 is 2.46 bits per heavy atom. The minimum atomic E-state index is 0.819. The minimum Gasteiger partial charge on any atom is -0.399 e. The first kappa shape index (κ1) is 8.57. The Kier molecular flexibility index (Phi) is 2.23. The highest BCUT2D eigenvalue weighted by atomic mass is 79.9. The SMILES string of the molecule is Nc1ccc2cc(CBr)ccc2c1. The fraction of sp³-hybridized carbons (Fsp3) is 0.0909. The van der Waals surface area contributed by atoms with Crippen LogP contribution in [0.1, 0.15) is 5.56 Å². The summed E-state index contributed by atoms with van der Waals surface area (Å²) in [6.07, 6.45) is 0. The maximum absolute atomic E-state index is 5.69. The van der Waals surface area contributed by atoms with Gasteiger partial charge in [-0.25, -0.2) is 0 Å². The van der Waals surface area contributed by atoms with Gasteiger partial charge in [-0.3, -0.25) is 0 Å². The van der Waals surface area contributed by atoms with Gasteiger partial charge >= 0.3 is 0 Å². The van der Waals surface area contributed by atoms with Crippen molar-refractivity contribution in [1.82, 2.24) is 0 Å². The molecule has 0 unspecified atom stereocenters. The molecule has 2 aromatic carbocycles. The highest BCUT2D eigenvalue weighted by Crippen LogP contribution is 2.19. The van der Waals surface area contributed by atoms with E-state index in [2.05, 4.69) is 40.2 Å². The van der Waals surface area contributed by atoms with Gasteiger partial charge < -0.3 is 5.73 Å². The molecule has 0 bridgehead atoms. The summed E-state index contributed by atoms with van der Waals surface area (Å²) in [4.78, 5) is 0. The molecule has 2 heteroatoms. The molecule has 0 fully saturated rings. The van der Waals surface area contributed by atoms with E-state index >= 15 is 0 Å². The van der Waals surface area contributed by atoms with E-state index in [9.17, 15) is 0 Å². The summed E-state index contributed by atoms with van der Waals surface area (Å²) in [5.74, 6) is 0. The molecule has 0 heterocycles. The lowest BCUT2D eigenvalue weighted by molar-refractivity contribution is 1.47. The van der Waals surface area contributed by atoms with Crippen molar-refractivity contribution in [3.63, 3.8) is 0 Å². The number of hydrogen-bond donors (Lipinski definition) is 1. The Morgan fingerprint density at radius 2 is 1.69 bits per heavy atom. The van der Waals surface area contributed by atoms with Gasteiger partial charge in [-0.2, -0.15) is 0 Å². The lowest BCUT2D eigenvalue weighted by Crippen LogP contribution is -1.84. The lowest BCUT2D eigenvalue weighted by atomic mass is 10.1. The second-order valence-electron chi connectivity index (χ2n) is 3.07. The van der Waals surface area contributed by atoms with Crippen molar-refractivity contribution in [3.8, 4) is 0 Å². The van der Waals surface area contributed by atoms with Crippen molar-refractivity contribution in [2.45, 2.75) is 5.33 Å². The quantitative estimate of drug-likeness (QED) is 0.596. The largest absolute Gasteiger partial charge is 0.399 e. The number of alkyl halides is 1. The summed E-state index contributed by atoms with van der Waals surface area (Å²) < 4.78 is 0. The number of benzene rings is 2. The molecule has 0 aliphatic rings. The first-order valence-corrected chi connectivity index (χ1v) is 5.26. The number of halogens is 1. The van der Waals surface area contributed by atoms with Gasteiger partial charge in [0, 0.05) is 11.0 Å². The molecule has 0 atom stereocenters. The van der Waals surface area contributed by atoms with Crippen LogP contribution in [0.25, 0.3) is 10.8 Å². The van der Waals surface area contributed by atoms with Crippen molar-refractivity contribution in [2.24, 2.45) is 0 Å². The van der Waals surface area contributed by atoms with E-state index in [4.69, 9.17) is 5.73 Å². The predicted molar refractivity (Wildman–Crippen MR) is 61.0 cm³/mol. The van der Waals surface area contributed by atoms with Crippen molar-refractivity contribution in [1.29, 1.82) is 0 Å². The van der Waals surface area contributed by atoms with E-state index in [0.717, 1.165) is 11.0 Å². The molecule has 0 aliphatic carbocycles. The molecular weight excluding hydrogens is 226 g/mol. The monoisotopic (exact) mass is 235 g/mol. The van der Waals surface area contributed by atoms with E-state index in [1.165, 1.54) is 16.3 Å². The van der Waals surface area contributed by atoms with Crippen LogP contribution in [0.4, 0.5) is 5.69 Å². The number of nitrogens with two attached hydrogens (primary N) is 1. The summed E-state index contributed by atoms with van der Waals surface area (Å²) in [5.41, 5.74) is 7.79. The Balaban J connectivity index is 2.66. The van der Waals surface area contributed by atoms with Crippen LogP contribution in [-0.2, 0) is 5.33 Å². The van der Waals surface area contributed by atoms with Crippen LogP contribution >= 0.6 is 15.9 Å². The number of fused-ring (bicyclic) bond motifs is 1. The third-order valence-electron chi connectivity index (χ3n) is 2.08. The Labute approximate surface area is 85.7 Å². The molecule has 2 aromatic rings. The average molecular weight is 236 g/mol. The van der Waals surface area contributed by atoms with E-state index in [1.807, 2.05) is 12.1 Å². The van der Waals surface area contributed by atoms with Crippen LogP contribution in [0.2, 0.25) is 0 Å². The smallest absolute Gasteiger partial charge is 0.0320 e. The molecular formula is C11H10BrN. The van der Waals surface area contributed by atoms with Gasteiger partial charge in [0.15, 0.2) is 0 Å². The molecule has 0 saturated heterocycles. The fourth-order valence-corrected chi connectivity index (χ4v) is 1.75. The van der Waals surface area contributed by atoms with Crippen LogP contribution in [0, 0.1) is 0 Å². The van der Waals surface area contributed by atoms with Crippen LogP contribution in [0.3, 0.4) is 0 Å². The van der Waals surface area contributed by atoms with Crippen LogP contribution in [0.15, 0.2) is 36.4 Å². The first-order chi connectivity index (χ1) is 6.29. The van der Waals surface area contributed by atoms with Gasteiger partial charge in [0.2, 0.25) is 0 Å². The maximum Gasteiger partial charge on any atom is 0.0320 e. The van der Waals surface area contributed by atoms with Crippen LogP contribution < -0.4 is 5.73 Å². The van der Waals surface area contributed by atoms with E-state index in [0.29, 0.717) is 0 Å². The van der Waals surface area contributed by atoms with Crippen molar-refractivity contribution < 1.29 is 0 Å². The average Bonchev–Trinajstić information content (AvgIpc) is 2.17. The number of hydrogen-bond acceptors (Lipinski definition) is 1. The number of rotatable bonds is 1. The Morgan fingerprint density at radius 1 is 1.00 bits per heavy atom. The van der Waals surface area contributed by atoms with Gasteiger partial charge in [-0.15, -0.1) is 0 Å². The zero-order valence-corrected chi connectivity index (χ0v) is 8.71. The molecule has 13 heavy (non-hydrogen) atoms. The molecule has 2 rings (SSSR count). The maximum atomic E-state index is 5.69. The Hall–Kier alpha value is -1.02. The van der Waals surface area contributed by atoms with E-state index in [1.54, 1.807) is 0 Å². The summed E-state index contributed by atoms with van der Waals surface area (Å²) >= 11 is 3.43. The van der Waals surface area contributed by atoms with Crippen LogP contribution in [-0.4, -0.2) is 0 Å². The molecule has 0 aliphatic heterocycles. The molecule has 1 nitrogen and oxygen atoms in total. The summed E-state index contributed by atoms with van der Waals surface area (Å²) in [7, 11) is 0. The van der Waals surface area contributed by atoms with Gasteiger partial charge in [-0.1, -0.05) is 40.2 Å². The van der Waals surface area contributed by atoms with E-state index < -0.39 is 0 Å². The number of anilines is 1. The molecule has 0 radical (unpaired) electrons. The third kappa shape index (κ3) is 1.68. The zero-order valence-electron chi connectivity index (χ0n) is 7.13. The van der Waals surface area contributed by atoms with Gasteiger partial charge in [0.25, 0.3) is 0 Å². The van der Waals surface area contributed by atoms with E-state index in [-0.39, 0.29) is 0 Å². The topological polar surface area (TPSA) is 26.0 Å². The fourth-order valence-electron chi connectivity index (χ4n) is 1.40. The molecule has 0 amide bonds. The highest BCUT2D eigenvalue weighted by Gasteiger charge is 1.95. The molecule has 66 valence electrons. The summed E-state index contributed by atoms with van der Waals surface area (Å²) in [5, 5.41) is 3.34. The first-order valence-electron chi connectivity index (χ1n) is 4.14. The normalized spacial score (nSPS) is 10.5. The van der Waals surface area contributed by atoms with Crippen molar-refractivity contribution in [2.75, 3.05) is 5.73 Å². The highest BCUT2D eigenvalue weighted by molar-refractivity contribution is 9.08. The molecule has 0 spiro atoms. The van der Waals surface area contributed by atoms with Crippen molar-refractivity contribution >= 4 is 32.4 Å². The Bertz CT molecular complexity index is 437. The standard InChI is InChI=1S/C11H10BrN/c12-7-8-1-2-10-6-11(13)4-3-9(10)5-8/h1-6H,7,13H2. The molecule has 2 N–H and O–H groups in total. The summed E-state index contributed by atoms with van der Waals surface area (Å²) in [6, 6.07) is 12.4.